The van der Waals surface area contributed by atoms with Crippen molar-refractivity contribution in [2.75, 3.05) is 0 Å². The molecule has 1 heteroatoms. The molecule has 0 amide bonds. The summed E-state index contributed by atoms with van der Waals surface area (Å²) in [5.41, 5.74) is 4.27. The van der Waals surface area contributed by atoms with E-state index in [-0.39, 0.29) is 5.82 Å². The molecule has 1 fully saturated rings. The number of halogens is 1. The quantitative estimate of drug-likeness (QED) is 0.216. The van der Waals surface area contributed by atoms with Gasteiger partial charge in [0.2, 0.25) is 0 Å². The zero-order valence-electron chi connectivity index (χ0n) is 21.7. The minimum Gasteiger partial charge on any atom is -0.206 e. The Bertz CT molecular complexity index is 1140. The van der Waals surface area contributed by atoms with E-state index in [1.807, 2.05) is 24.3 Å². The summed E-state index contributed by atoms with van der Waals surface area (Å²) in [6, 6.07) is 18.7. The third-order valence-electron chi connectivity index (χ3n) is 7.84. The minimum atomic E-state index is -0.0220. The van der Waals surface area contributed by atoms with Gasteiger partial charge in [-0.2, -0.15) is 0 Å². The van der Waals surface area contributed by atoms with Gasteiger partial charge in [0.05, 0.1) is 0 Å². The molecule has 0 aromatic heterocycles. The van der Waals surface area contributed by atoms with Crippen molar-refractivity contribution in [2.45, 2.75) is 96.8 Å². The van der Waals surface area contributed by atoms with Crippen LogP contribution in [0.2, 0.25) is 0 Å². The number of benzene rings is 3. The van der Waals surface area contributed by atoms with Crippen LogP contribution in [0, 0.1) is 23.6 Å². The molecule has 0 atom stereocenters. The van der Waals surface area contributed by atoms with Crippen LogP contribution in [0.25, 0.3) is 10.8 Å². The second-order valence-electron chi connectivity index (χ2n) is 10.5. The van der Waals surface area contributed by atoms with Gasteiger partial charge in [0.25, 0.3) is 0 Å². The first-order valence-electron chi connectivity index (χ1n) is 14.0. The Hall–Kier alpha value is -2.59. The second-order valence-corrected chi connectivity index (χ2v) is 10.5. The van der Waals surface area contributed by atoms with Crippen LogP contribution in [-0.4, -0.2) is 0 Å². The predicted molar refractivity (Wildman–Crippen MR) is 148 cm³/mol. The molecule has 0 unspecified atom stereocenters. The van der Waals surface area contributed by atoms with Gasteiger partial charge in [0, 0.05) is 16.5 Å². The number of unbranched alkanes of at least 4 members (excludes halogenated alkanes) is 4. The SMILES string of the molecule is CCCCCCCc1ccc(C#Cc2ccc3c(F)c(C4CCC(CCC)CC4)ccc3c2)cc1. The van der Waals surface area contributed by atoms with E-state index in [2.05, 4.69) is 56.0 Å². The van der Waals surface area contributed by atoms with E-state index in [4.69, 9.17) is 0 Å². The Morgan fingerprint density at radius 1 is 0.743 bits per heavy atom. The first kappa shape index (κ1) is 25.5. The van der Waals surface area contributed by atoms with Gasteiger partial charge < -0.3 is 0 Å². The molecule has 3 aromatic carbocycles. The molecule has 0 saturated heterocycles. The summed E-state index contributed by atoms with van der Waals surface area (Å²) in [6.45, 7) is 4.52. The van der Waals surface area contributed by atoms with E-state index in [0.717, 1.165) is 52.6 Å². The minimum absolute atomic E-state index is 0.0220. The van der Waals surface area contributed by atoms with Crippen LogP contribution in [0.1, 0.15) is 113 Å². The average Bonchev–Trinajstić information content (AvgIpc) is 2.89. The van der Waals surface area contributed by atoms with Crippen molar-refractivity contribution >= 4 is 10.8 Å². The monoisotopic (exact) mass is 468 g/mol. The Morgan fingerprint density at radius 2 is 1.46 bits per heavy atom. The molecule has 0 nitrogen and oxygen atoms in total. The molecule has 184 valence electrons. The van der Waals surface area contributed by atoms with Crippen molar-refractivity contribution < 1.29 is 4.39 Å². The van der Waals surface area contributed by atoms with E-state index in [9.17, 15) is 0 Å². The first-order chi connectivity index (χ1) is 17.2. The van der Waals surface area contributed by atoms with Gasteiger partial charge >= 0.3 is 0 Å². The zero-order chi connectivity index (χ0) is 24.5. The molecule has 0 bridgehead atoms. The largest absolute Gasteiger partial charge is 0.206 e. The Morgan fingerprint density at radius 3 is 2.20 bits per heavy atom. The summed E-state index contributed by atoms with van der Waals surface area (Å²) in [7, 11) is 0. The molecule has 0 heterocycles. The lowest BCUT2D eigenvalue weighted by atomic mass is 9.77. The van der Waals surface area contributed by atoms with Gasteiger partial charge in [0.15, 0.2) is 0 Å². The van der Waals surface area contributed by atoms with Gasteiger partial charge in [-0.15, -0.1) is 0 Å². The van der Waals surface area contributed by atoms with Crippen molar-refractivity contribution in [3.05, 3.63) is 82.7 Å². The third kappa shape index (κ3) is 6.98. The van der Waals surface area contributed by atoms with Gasteiger partial charge in [-0.1, -0.05) is 94.5 Å². The number of hydrogen-bond acceptors (Lipinski definition) is 0. The van der Waals surface area contributed by atoms with E-state index in [1.54, 1.807) is 0 Å². The Balaban J connectivity index is 1.39. The first-order valence-corrected chi connectivity index (χ1v) is 14.0. The normalized spacial score (nSPS) is 17.8. The zero-order valence-corrected chi connectivity index (χ0v) is 21.7. The van der Waals surface area contributed by atoms with Crippen LogP contribution in [0.15, 0.2) is 54.6 Å². The third-order valence-corrected chi connectivity index (χ3v) is 7.84. The summed E-state index contributed by atoms with van der Waals surface area (Å²) in [6.07, 6.45) is 15.0. The molecule has 0 spiro atoms. The van der Waals surface area contributed by atoms with Crippen molar-refractivity contribution in [3.8, 4) is 11.8 Å². The fraction of sp³-hybridized carbons (Fsp3) is 0.471. The summed E-state index contributed by atoms with van der Waals surface area (Å²) in [4.78, 5) is 0. The summed E-state index contributed by atoms with van der Waals surface area (Å²) in [5, 5.41) is 1.67. The van der Waals surface area contributed by atoms with Gasteiger partial charge in [-0.05, 0) is 91.1 Å². The van der Waals surface area contributed by atoms with Crippen LogP contribution in [0.3, 0.4) is 0 Å². The highest BCUT2D eigenvalue weighted by atomic mass is 19.1. The van der Waals surface area contributed by atoms with E-state index in [1.165, 1.54) is 63.4 Å². The summed E-state index contributed by atoms with van der Waals surface area (Å²) in [5.74, 6) is 7.75. The lowest BCUT2D eigenvalue weighted by Gasteiger charge is -2.29. The fourth-order valence-electron chi connectivity index (χ4n) is 5.70. The molecule has 0 N–H and O–H groups in total. The lowest BCUT2D eigenvalue weighted by molar-refractivity contribution is 0.305. The molecule has 1 aliphatic rings. The second kappa shape index (κ2) is 12.9. The Labute approximate surface area is 212 Å². The van der Waals surface area contributed by atoms with Crippen molar-refractivity contribution in [1.29, 1.82) is 0 Å². The molecule has 1 saturated carbocycles. The molecule has 4 rings (SSSR count). The van der Waals surface area contributed by atoms with Crippen LogP contribution in [0.4, 0.5) is 4.39 Å². The van der Waals surface area contributed by atoms with Crippen molar-refractivity contribution in [2.24, 2.45) is 5.92 Å². The number of rotatable bonds is 9. The standard InChI is InChI=1S/C34H41F/c1-3-5-6-7-8-10-27-11-13-28(14-12-27)15-16-29-19-23-33-31(25-29)22-24-32(34(33)35)30-20-17-26(9-4-2)18-21-30/h11-14,19,22-26,30H,3-10,17-18,20-21H2,1-2H3. The van der Waals surface area contributed by atoms with Crippen LogP contribution in [0.5, 0.6) is 0 Å². The smallest absolute Gasteiger partial charge is 0.134 e. The van der Waals surface area contributed by atoms with Crippen LogP contribution >= 0.6 is 0 Å². The lowest BCUT2D eigenvalue weighted by Crippen LogP contribution is -2.14. The number of hydrogen-bond donors (Lipinski definition) is 0. The molecule has 3 aromatic rings. The molecule has 0 radical (unpaired) electrons. The fourth-order valence-corrected chi connectivity index (χ4v) is 5.70. The maximum atomic E-state index is 15.4. The van der Waals surface area contributed by atoms with Crippen LogP contribution < -0.4 is 0 Å². The average molecular weight is 469 g/mol. The molecule has 35 heavy (non-hydrogen) atoms. The molecule has 0 aliphatic heterocycles. The predicted octanol–water partition coefficient (Wildman–Crippen LogP) is 9.97. The van der Waals surface area contributed by atoms with Crippen molar-refractivity contribution in [1.82, 2.24) is 0 Å². The Kier molecular flexibility index (Phi) is 9.42. The number of aryl methyl sites for hydroxylation is 1. The van der Waals surface area contributed by atoms with E-state index in [0.29, 0.717) is 5.92 Å². The van der Waals surface area contributed by atoms with E-state index >= 15 is 4.39 Å². The molecule has 1 aliphatic carbocycles. The highest BCUT2D eigenvalue weighted by Gasteiger charge is 2.24. The summed E-state index contributed by atoms with van der Waals surface area (Å²) < 4.78 is 15.4. The van der Waals surface area contributed by atoms with Gasteiger partial charge in [-0.25, -0.2) is 4.39 Å². The molecular weight excluding hydrogens is 427 g/mol. The number of fused-ring (bicyclic) bond motifs is 1. The summed E-state index contributed by atoms with van der Waals surface area (Å²) >= 11 is 0. The van der Waals surface area contributed by atoms with Gasteiger partial charge in [-0.3, -0.25) is 0 Å². The topological polar surface area (TPSA) is 0 Å². The van der Waals surface area contributed by atoms with E-state index < -0.39 is 0 Å². The highest BCUT2D eigenvalue weighted by Crippen LogP contribution is 2.39. The van der Waals surface area contributed by atoms with Crippen molar-refractivity contribution in [3.63, 3.8) is 0 Å². The van der Waals surface area contributed by atoms with Gasteiger partial charge in [0.1, 0.15) is 5.82 Å². The molecular formula is C34H41F. The van der Waals surface area contributed by atoms with Crippen LogP contribution in [-0.2, 0) is 6.42 Å². The highest BCUT2D eigenvalue weighted by molar-refractivity contribution is 5.85. The maximum absolute atomic E-state index is 15.4. The maximum Gasteiger partial charge on any atom is 0.134 e.